The fourth-order valence-corrected chi connectivity index (χ4v) is 2.34. The smallest absolute Gasteiger partial charge is 0.220 e. The number of thiazole rings is 1. The van der Waals surface area contributed by atoms with Gasteiger partial charge in [-0.15, -0.1) is 0 Å². The van der Waals surface area contributed by atoms with Crippen LogP contribution in [0.3, 0.4) is 0 Å². The van der Waals surface area contributed by atoms with Crippen LogP contribution in [0.25, 0.3) is 0 Å². The number of carbonyl (C=O) groups excluding carboxylic acids is 1. The minimum atomic E-state index is -0.927. The standard InChI is InChI=1S/C9H4BrF2N3OS/c10-7-3-14-9(17-7)15(4-16)8-5(11)1-13-2-6(8)12/h1-4H. The number of carbonyl (C=O) groups is 1. The van der Waals surface area contributed by atoms with Crippen molar-refractivity contribution < 1.29 is 13.6 Å². The van der Waals surface area contributed by atoms with Crippen LogP contribution in [0.15, 0.2) is 22.4 Å². The van der Waals surface area contributed by atoms with E-state index in [1.807, 2.05) is 0 Å². The number of nitrogens with zero attached hydrogens (tertiary/aromatic N) is 3. The van der Waals surface area contributed by atoms with Crippen LogP contribution in [0, 0.1) is 11.6 Å². The molecule has 4 nitrogen and oxygen atoms in total. The fraction of sp³-hybridized carbons (Fsp3) is 0. The Kier molecular flexibility index (Phi) is 3.43. The Morgan fingerprint density at radius 2 is 1.94 bits per heavy atom. The van der Waals surface area contributed by atoms with Crippen LogP contribution in [0.4, 0.5) is 19.6 Å². The number of amides is 1. The molecule has 0 radical (unpaired) electrons. The second-order valence-corrected chi connectivity index (χ2v) is 5.26. The lowest BCUT2D eigenvalue weighted by Gasteiger charge is -2.14. The zero-order chi connectivity index (χ0) is 12.4. The highest BCUT2D eigenvalue weighted by Gasteiger charge is 2.20. The molecule has 17 heavy (non-hydrogen) atoms. The second kappa shape index (κ2) is 4.84. The number of anilines is 2. The van der Waals surface area contributed by atoms with Crippen LogP contribution in [-0.2, 0) is 4.79 Å². The van der Waals surface area contributed by atoms with E-state index in [2.05, 4.69) is 25.9 Å². The number of aromatic nitrogens is 2. The predicted octanol–water partition coefficient (Wildman–Crippen LogP) is 2.87. The quantitative estimate of drug-likeness (QED) is 0.817. The van der Waals surface area contributed by atoms with E-state index in [0.29, 0.717) is 10.2 Å². The molecular formula is C9H4BrF2N3OS. The van der Waals surface area contributed by atoms with Crippen molar-refractivity contribution in [1.29, 1.82) is 0 Å². The Balaban J connectivity index is 2.53. The zero-order valence-electron chi connectivity index (χ0n) is 8.10. The third-order valence-electron chi connectivity index (χ3n) is 1.85. The number of hydrogen-bond acceptors (Lipinski definition) is 4. The molecule has 0 bridgehead atoms. The molecule has 0 saturated heterocycles. The Hall–Kier alpha value is -1.41. The molecule has 0 N–H and O–H groups in total. The third-order valence-corrected chi connectivity index (χ3v) is 3.32. The summed E-state index contributed by atoms with van der Waals surface area (Å²) in [5.74, 6) is -1.85. The molecule has 2 aromatic rings. The normalized spacial score (nSPS) is 10.3. The maximum absolute atomic E-state index is 13.4. The largest absolute Gasteiger partial charge is 0.278 e. The summed E-state index contributed by atoms with van der Waals surface area (Å²) in [5.41, 5.74) is -0.489. The van der Waals surface area contributed by atoms with Gasteiger partial charge in [0.15, 0.2) is 16.8 Å². The van der Waals surface area contributed by atoms with Gasteiger partial charge in [0, 0.05) is 0 Å². The van der Waals surface area contributed by atoms with E-state index in [9.17, 15) is 13.6 Å². The monoisotopic (exact) mass is 319 g/mol. The fourth-order valence-electron chi connectivity index (χ4n) is 1.19. The average molecular weight is 320 g/mol. The van der Waals surface area contributed by atoms with E-state index in [1.54, 1.807) is 0 Å². The predicted molar refractivity (Wildman–Crippen MR) is 62.2 cm³/mol. The molecule has 88 valence electrons. The van der Waals surface area contributed by atoms with Crippen molar-refractivity contribution in [3.63, 3.8) is 0 Å². The summed E-state index contributed by atoms with van der Waals surface area (Å²) in [4.78, 5) is 18.9. The van der Waals surface area contributed by atoms with E-state index in [-0.39, 0.29) is 5.13 Å². The van der Waals surface area contributed by atoms with Crippen molar-refractivity contribution in [1.82, 2.24) is 9.97 Å². The first-order chi connectivity index (χ1) is 8.13. The molecule has 0 aromatic carbocycles. The van der Waals surface area contributed by atoms with Crippen LogP contribution in [0.1, 0.15) is 0 Å². The van der Waals surface area contributed by atoms with Crippen molar-refractivity contribution >= 4 is 44.5 Å². The number of rotatable bonds is 3. The van der Waals surface area contributed by atoms with Crippen molar-refractivity contribution in [3.8, 4) is 0 Å². The van der Waals surface area contributed by atoms with Gasteiger partial charge >= 0.3 is 0 Å². The number of halogens is 3. The average Bonchev–Trinajstić information content (AvgIpc) is 2.70. The first-order valence-electron chi connectivity index (χ1n) is 4.28. The lowest BCUT2D eigenvalue weighted by molar-refractivity contribution is -0.106. The molecule has 1 amide bonds. The lowest BCUT2D eigenvalue weighted by Crippen LogP contribution is -2.17. The summed E-state index contributed by atoms with van der Waals surface area (Å²) in [7, 11) is 0. The van der Waals surface area contributed by atoms with Gasteiger partial charge in [-0.25, -0.2) is 13.8 Å². The highest BCUT2D eigenvalue weighted by atomic mass is 79.9. The second-order valence-electron chi connectivity index (χ2n) is 2.87. The summed E-state index contributed by atoms with van der Waals surface area (Å²) in [5, 5.41) is 0.163. The van der Waals surface area contributed by atoms with Gasteiger partial charge in [-0.05, 0) is 15.9 Å². The molecule has 0 aliphatic heterocycles. The van der Waals surface area contributed by atoms with Gasteiger partial charge in [-0.2, -0.15) is 0 Å². The van der Waals surface area contributed by atoms with E-state index in [0.717, 1.165) is 28.6 Å². The van der Waals surface area contributed by atoms with Crippen LogP contribution >= 0.6 is 27.3 Å². The summed E-state index contributed by atoms with van der Waals surface area (Å²) in [6.45, 7) is 0. The van der Waals surface area contributed by atoms with Crippen LogP contribution in [0.5, 0.6) is 0 Å². The SMILES string of the molecule is O=CN(c1ncc(Br)s1)c1c(F)cncc1F. The minimum Gasteiger partial charge on any atom is -0.278 e. The topological polar surface area (TPSA) is 46.1 Å². The minimum absolute atomic E-state index is 0.163. The third kappa shape index (κ3) is 2.32. The van der Waals surface area contributed by atoms with E-state index >= 15 is 0 Å². The van der Waals surface area contributed by atoms with E-state index < -0.39 is 17.3 Å². The van der Waals surface area contributed by atoms with Gasteiger partial charge in [0.25, 0.3) is 0 Å². The number of hydrogen-bond donors (Lipinski definition) is 0. The molecule has 0 atom stereocenters. The highest BCUT2D eigenvalue weighted by Crippen LogP contribution is 2.33. The van der Waals surface area contributed by atoms with Gasteiger partial charge in [0.05, 0.1) is 22.4 Å². The van der Waals surface area contributed by atoms with Crippen molar-refractivity contribution in [2.24, 2.45) is 0 Å². The summed E-state index contributed by atoms with van der Waals surface area (Å²) in [6.07, 6.45) is 3.40. The first-order valence-corrected chi connectivity index (χ1v) is 5.89. The lowest BCUT2D eigenvalue weighted by atomic mass is 10.3. The first kappa shape index (κ1) is 12.1. The van der Waals surface area contributed by atoms with Crippen molar-refractivity contribution in [2.45, 2.75) is 0 Å². The molecule has 0 spiro atoms. The molecule has 0 fully saturated rings. The maximum Gasteiger partial charge on any atom is 0.220 e. The highest BCUT2D eigenvalue weighted by molar-refractivity contribution is 9.11. The van der Waals surface area contributed by atoms with Crippen molar-refractivity contribution in [2.75, 3.05) is 4.90 Å². The van der Waals surface area contributed by atoms with Crippen LogP contribution in [-0.4, -0.2) is 16.4 Å². The van der Waals surface area contributed by atoms with Gasteiger partial charge < -0.3 is 0 Å². The molecule has 0 saturated carbocycles. The summed E-state index contributed by atoms with van der Waals surface area (Å²) < 4.78 is 27.5. The Labute approximate surface area is 107 Å². The maximum atomic E-state index is 13.4. The van der Waals surface area contributed by atoms with Crippen molar-refractivity contribution in [3.05, 3.63) is 34.0 Å². The van der Waals surface area contributed by atoms with Gasteiger partial charge in [0.1, 0.15) is 5.69 Å². The van der Waals surface area contributed by atoms with Gasteiger partial charge in [-0.3, -0.25) is 14.7 Å². The molecule has 8 heteroatoms. The molecule has 2 aromatic heterocycles. The molecule has 0 aliphatic rings. The molecule has 2 rings (SSSR count). The molecule has 0 aliphatic carbocycles. The van der Waals surface area contributed by atoms with Crippen LogP contribution in [0.2, 0.25) is 0 Å². The zero-order valence-corrected chi connectivity index (χ0v) is 10.5. The summed E-state index contributed by atoms with van der Waals surface area (Å²) in [6, 6.07) is 0. The molecule has 0 unspecified atom stereocenters. The van der Waals surface area contributed by atoms with Crippen LogP contribution < -0.4 is 4.90 Å². The Morgan fingerprint density at radius 1 is 1.29 bits per heavy atom. The van der Waals surface area contributed by atoms with Gasteiger partial charge in [-0.1, -0.05) is 11.3 Å². The van der Waals surface area contributed by atoms with E-state index in [1.165, 1.54) is 6.20 Å². The summed E-state index contributed by atoms with van der Waals surface area (Å²) >= 11 is 4.23. The number of pyridine rings is 1. The van der Waals surface area contributed by atoms with E-state index in [4.69, 9.17) is 0 Å². The van der Waals surface area contributed by atoms with Gasteiger partial charge in [0.2, 0.25) is 6.41 Å². The Bertz CT molecular complexity index is 543. The molecular weight excluding hydrogens is 316 g/mol. The Morgan fingerprint density at radius 3 is 2.41 bits per heavy atom. The molecule has 2 heterocycles.